The van der Waals surface area contributed by atoms with Gasteiger partial charge < -0.3 is 15.6 Å². The summed E-state index contributed by atoms with van der Waals surface area (Å²) in [5, 5.41) is 6.46. The van der Waals surface area contributed by atoms with Crippen LogP contribution < -0.4 is 11.1 Å². The number of nitrogen functional groups attached to an aromatic ring is 1. The van der Waals surface area contributed by atoms with Crippen LogP contribution in [0.1, 0.15) is 34.6 Å². The van der Waals surface area contributed by atoms with Crippen molar-refractivity contribution in [3.8, 4) is 0 Å². The molecule has 0 saturated heterocycles. The monoisotopic (exact) mass is 245 g/mol. The summed E-state index contributed by atoms with van der Waals surface area (Å²) in [5.74, 6) is 0.315. The Morgan fingerprint density at radius 2 is 2.06 bits per heavy atom. The van der Waals surface area contributed by atoms with E-state index in [1.165, 1.54) is 6.20 Å². The molecule has 1 unspecified atom stereocenters. The zero-order chi connectivity index (χ0) is 13.1. The van der Waals surface area contributed by atoms with Crippen molar-refractivity contribution in [2.75, 3.05) is 5.73 Å². The fourth-order valence-corrected chi connectivity index (χ4v) is 1.66. The standard InChI is InChI=1S/C13H15N3O2/c1-8(10-3-5-11(14)6-4-10)16-13(17)12-7-15-18-9(12)2/h3-8H,14H2,1-2H3,(H,16,17). The van der Waals surface area contributed by atoms with Crippen LogP contribution >= 0.6 is 0 Å². The van der Waals surface area contributed by atoms with Crippen LogP contribution in [0.3, 0.4) is 0 Å². The van der Waals surface area contributed by atoms with Gasteiger partial charge >= 0.3 is 0 Å². The number of benzene rings is 1. The maximum atomic E-state index is 11.9. The number of carbonyl (C=O) groups is 1. The van der Waals surface area contributed by atoms with Gasteiger partial charge in [-0.25, -0.2) is 0 Å². The van der Waals surface area contributed by atoms with Gasteiger partial charge in [0.05, 0.1) is 12.2 Å². The van der Waals surface area contributed by atoms with Gasteiger partial charge in [-0.2, -0.15) is 0 Å². The minimum atomic E-state index is -0.196. The Kier molecular flexibility index (Phi) is 3.32. The first-order valence-electron chi connectivity index (χ1n) is 5.65. The second kappa shape index (κ2) is 4.91. The Morgan fingerprint density at radius 1 is 1.39 bits per heavy atom. The first-order valence-corrected chi connectivity index (χ1v) is 5.65. The van der Waals surface area contributed by atoms with Crippen molar-refractivity contribution in [3.05, 3.63) is 47.3 Å². The van der Waals surface area contributed by atoms with Gasteiger partial charge in [0.2, 0.25) is 0 Å². The van der Waals surface area contributed by atoms with Gasteiger partial charge in [0.1, 0.15) is 11.3 Å². The Labute approximate surface area is 105 Å². The smallest absolute Gasteiger partial charge is 0.256 e. The summed E-state index contributed by atoms with van der Waals surface area (Å²) in [4.78, 5) is 11.9. The fourth-order valence-electron chi connectivity index (χ4n) is 1.66. The largest absolute Gasteiger partial charge is 0.399 e. The summed E-state index contributed by atoms with van der Waals surface area (Å²) in [6.45, 7) is 3.61. The van der Waals surface area contributed by atoms with Crippen LogP contribution in [-0.2, 0) is 0 Å². The molecule has 0 spiro atoms. The van der Waals surface area contributed by atoms with E-state index in [1.54, 1.807) is 6.92 Å². The lowest BCUT2D eigenvalue weighted by molar-refractivity contribution is 0.0938. The fraction of sp³-hybridized carbons (Fsp3) is 0.231. The molecular weight excluding hydrogens is 230 g/mol. The average molecular weight is 245 g/mol. The van der Waals surface area contributed by atoms with Crippen LogP contribution in [0.5, 0.6) is 0 Å². The molecule has 0 aliphatic heterocycles. The van der Waals surface area contributed by atoms with Gasteiger partial charge in [0, 0.05) is 5.69 Å². The van der Waals surface area contributed by atoms with Crippen LogP contribution in [-0.4, -0.2) is 11.1 Å². The lowest BCUT2D eigenvalue weighted by Crippen LogP contribution is -2.26. The number of nitrogens with zero attached hydrogens (tertiary/aromatic N) is 1. The molecule has 0 saturated carbocycles. The number of amides is 1. The molecule has 0 radical (unpaired) electrons. The zero-order valence-electron chi connectivity index (χ0n) is 10.3. The highest BCUT2D eigenvalue weighted by molar-refractivity contribution is 5.94. The molecule has 1 atom stereocenters. The normalized spacial score (nSPS) is 12.1. The van der Waals surface area contributed by atoms with Gasteiger partial charge in [-0.3, -0.25) is 4.79 Å². The number of carbonyl (C=O) groups excluding carboxylic acids is 1. The van der Waals surface area contributed by atoms with E-state index in [-0.39, 0.29) is 11.9 Å². The third-order valence-corrected chi connectivity index (χ3v) is 2.78. The van der Waals surface area contributed by atoms with Crippen LogP contribution in [0.25, 0.3) is 0 Å². The molecule has 5 nitrogen and oxygen atoms in total. The molecule has 0 fully saturated rings. The summed E-state index contributed by atoms with van der Waals surface area (Å²) in [6, 6.07) is 7.29. The third-order valence-electron chi connectivity index (χ3n) is 2.78. The molecule has 2 rings (SSSR count). The van der Waals surface area contributed by atoms with Gasteiger partial charge in [0.15, 0.2) is 0 Å². The predicted octanol–water partition coefficient (Wildman–Crippen LogP) is 2.06. The molecular formula is C13H15N3O2. The molecule has 1 aromatic carbocycles. The highest BCUT2D eigenvalue weighted by atomic mass is 16.5. The van der Waals surface area contributed by atoms with E-state index < -0.39 is 0 Å². The van der Waals surface area contributed by atoms with Crippen molar-refractivity contribution in [3.63, 3.8) is 0 Å². The summed E-state index contributed by atoms with van der Waals surface area (Å²) < 4.78 is 4.86. The number of aryl methyl sites for hydroxylation is 1. The topological polar surface area (TPSA) is 81.2 Å². The third kappa shape index (κ3) is 2.51. The van der Waals surface area contributed by atoms with Gasteiger partial charge in [-0.15, -0.1) is 0 Å². The minimum Gasteiger partial charge on any atom is -0.399 e. The molecule has 0 aliphatic rings. The molecule has 1 heterocycles. The van der Waals surface area contributed by atoms with Gasteiger partial charge in [0.25, 0.3) is 5.91 Å². The number of rotatable bonds is 3. The Bertz CT molecular complexity index is 546. The number of hydrogen-bond acceptors (Lipinski definition) is 4. The molecule has 18 heavy (non-hydrogen) atoms. The van der Waals surface area contributed by atoms with E-state index in [2.05, 4.69) is 10.5 Å². The quantitative estimate of drug-likeness (QED) is 0.811. The lowest BCUT2D eigenvalue weighted by atomic mass is 10.1. The van der Waals surface area contributed by atoms with E-state index >= 15 is 0 Å². The number of nitrogens with one attached hydrogen (secondary N) is 1. The van der Waals surface area contributed by atoms with E-state index in [0.717, 1.165) is 5.56 Å². The Balaban J connectivity index is 2.08. The first-order chi connectivity index (χ1) is 8.58. The SMILES string of the molecule is Cc1oncc1C(=O)NC(C)c1ccc(N)cc1. The molecule has 1 aromatic heterocycles. The number of anilines is 1. The van der Waals surface area contributed by atoms with Crippen LogP contribution in [0, 0.1) is 6.92 Å². The summed E-state index contributed by atoms with van der Waals surface area (Å²) in [5.41, 5.74) is 7.77. The van der Waals surface area contributed by atoms with Crippen molar-refractivity contribution < 1.29 is 9.32 Å². The van der Waals surface area contributed by atoms with Crippen molar-refractivity contribution in [1.29, 1.82) is 0 Å². The number of nitrogens with two attached hydrogens (primary N) is 1. The molecule has 5 heteroatoms. The molecule has 1 amide bonds. The highest BCUT2D eigenvalue weighted by Crippen LogP contribution is 2.15. The van der Waals surface area contributed by atoms with E-state index in [4.69, 9.17) is 10.3 Å². The minimum absolute atomic E-state index is 0.104. The molecule has 2 aromatic rings. The van der Waals surface area contributed by atoms with Gasteiger partial charge in [-0.1, -0.05) is 17.3 Å². The van der Waals surface area contributed by atoms with Gasteiger partial charge in [-0.05, 0) is 31.5 Å². The highest BCUT2D eigenvalue weighted by Gasteiger charge is 2.15. The average Bonchev–Trinajstić information content (AvgIpc) is 2.76. The van der Waals surface area contributed by atoms with Crippen LogP contribution in [0.2, 0.25) is 0 Å². The number of aromatic nitrogens is 1. The number of hydrogen-bond donors (Lipinski definition) is 2. The summed E-state index contributed by atoms with van der Waals surface area (Å²) in [6.07, 6.45) is 1.42. The Hall–Kier alpha value is -2.30. The first kappa shape index (κ1) is 12.2. The zero-order valence-corrected chi connectivity index (χ0v) is 10.3. The van der Waals surface area contributed by atoms with E-state index in [1.807, 2.05) is 31.2 Å². The molecule has 0 bridgehead atoms. The second-order valence-electron chi connectivity index (χ2n) is 4.16. The molecule has 0 aliphatic carbocycles. The molecule has 94 valence electrons. The molecule has 3 N–H and O–H groups in total. The maximum absolute atomic E-state index is 11.9. The second-order valence-corrected chi connectivity index (χ2v) is 4.16. The summed E-state index contributed by atoms with van der Waals surface area (Å²) in [7, 11) is 0. The summed E-state index contributed by atoms with van der Waals surface area (Å²) >= 11 is 0. The van der Waals surface area contributed by atoms with E-state index in [0.29, 0.717) is 17.0 Å². The van der Waals surface area contributed by atoms with Crippen molar-refractivity contribution in [2.24, 2.45) is 0 Å². The van der Waals surface area contributed by atoms with Crippen molar-refractivity contribution in [1.82, 2.24) is 10.5 Å². The van der Waals surface area contributed by atoms with E-state index in [9.17, 15) is 4.79 Å². The lowest BCUT2D eigenvalue weighted by Gasteiger charge is -2.13. The maximum Gasteiger partial charge on any atom is 0.256 e. The van der Waals surface area contributed by atoms with Crippen molar-refractivity contribution >= 4 is 11.6 Å². The Morgan fingerprint density at radius 3 is 2.61 bits per heavy atom. The predicted molar refractivity (Wildman–Crippen MR) is 68.0 cm³/mol. The van der Waals surface area contributed by atoms with Crippen LogP contribution in [0.4, 0.5) is 5.69 Å². The van der Waals surface area contributed by atoms with Crippen LogP contribution in [0.15, 0.2) is 35.0 Å². The van der Waals surface area contributed by atoms with Crippen molar-refractivity contribution in [2.45, 2.75) is 19.9 Å².